The second-order valence-electron chi connectivity index (χ2n) is 15.7. The van der Waals surface area contributed by atoms with E-state index < -0.39 is 69.3 Å². The summed E-state index contributed by atoms with van der Waals surface area (Å²) in [4.78, 5) is 28.6. The van der Waals surface area contributed by atoms with E-state index in [9.17, 15) is 31.5 Å². The van der Waals surface area contributed by atoms with Gasteiger partial charge in [-0.05, 0) is 72.6 Å². The van der Waals surface area contributed by atoms with E-state index in [2.05, 4.69) is 43.9 Å². The highest BCUT2D eigenvalue weighted by Crippen LogP contribution is 2.58. The van der Waals surface area contributed by atoms with Gasteiger partial charge < -0.3 is 29.1 Å². The minimum Gasteiger partial charge on any atom is -0.497 e. The molecule has 56 heavy (non-hydrogen) atoms. The lowest BCUT2D eigenvalue weighted by atomic mass is 9.78. The molecule has 2 amide bonds. The molecule has 0 aliphatic carbocycles. The maximum atomic E-state index is 15.8. The Balaban J connectivity index is 1.84. The summed E-state index contributed by atoms with van der Waals surface area (Å²) >= 11 is 6.64. The number of aliphatic hydroxyl groups excluding tert-OH is 1. The van der Waals surface area contributed by atoms with Crippen molar-refractivity contribution >= 4 is 47.4 Å². The number of benzene rings is 3. The zero-order chi connectivity index (χ0) is 41.8. The molecule has 0 bridgehead atoms. The molecule has 2 N–H and O–H groups in total. The topological polar surface area (TPSA) is 141 Å². The van der Waals surface area contributed by atoms with Crippen LogP contribution in [0.4, 0.5) is 18.9 Å². The zero-order valence-electron chi connectivity index (χ0n) is 32.7. The Bertz CT molecular complexity index is 2130. The summed E-state index contributed by atoms with van der Waals surface area (Å²) < 4.78 is 92.5. The fourth-order valence-corrected chi connectivity index (χ4v) is 10.4. The molecule has 306 valence electrons. The number of quaternary nitrogens is 1. The molecule has 2 aliphatic heterocycles. The van der Waals surface area contributed by atoms with Gasteiger partial charge in [-0.25, -0.2) is 8.42 Å². The van der Waals surface area contributed by atoms with Gasteiger partial charge in [0.05, 0.1) is 38.1 Å². The number of hydrogen-bond acceptors (Lipinski definition) is 9. The molecule has 12 nitrogen and oxygen atoms in total. The lowest BCUT2D eigenvalue weighted by Crippen LogP contribution is -2.69. The van der Waals surface area contributed by atoms with Crippen molar-refractivity contribution < 1.29 is 59.4 Å². The van der Waals surface area contributed by atoms with Crippen LogP contribution in [0.15, 0.2) is 59.5 Å². The first kappa shape index (κ1) is 43.3. The van der Waals surface area contributed by atoms with Crippen LogP contribution in [-0.2, 0) is 36.0 Å². The van der Waals surface area contributed by atoms with Crippen molar-refractivity contribution in [3.05, 3.63) is 76.3 Å². The number of likely N-dealkylation sites (N-methyl/N-ethyl adjacent to an activating group) is 2. The molecule has 2 unspecified atom stereocenters. The van der Waals surface area contributed by atoms with E-state index in [1.165, 1.54) is 39.5 Å². The number of halogens is 4. The largest absolute Gasteiger partial charge is 0.573 e. The van der Waals surface area contributed by atoms with E-state index in [4.69, 9.17) is 25.5 Å². The van der Waals surface area contributed by atoms with Crippen LogP contribution in [0.1, 0.15) is 43.9 Å². The van der Waals surface area contributed by atoms with Crippen molar-refractivity contribution in [1.82, 2.24) is 5.32 Å². The molecule has 0 saturated carbocycles. The predicted octanol–water partition coefficient (Wildman–Crippen LogP) is 6.13. The number of amides is 2. The van der Waals surface area contributed by atoms with Gasteiger partial charge in [-0.1, -0.05) is 38.4 Å². The maximum absolute atomic E-state index is 15.8. The summed E-state index contributed by atoms with van der Waals surface area (Å²) in [5.41, 5.74) is -1.61. The minimum atomic E-state index is -5.33. The van der Waals surface area contributed by atoms with E-state index in [1.807, 2.05) is 0 Å². The Morgan fingerprint density at radius 2 is 1.71 bits per heavy atom. The van der Waals surface area contributed by atoms with Gasteiger partial charge in [-0.15, -0.1) is 13.2 Å². The number of nitrogens with zero attached hydrogens (tertiary/aromatic N) is 2. The molecule has 0 spiro atoms. The van der Waals surface area contributed by atoms with Crippen molar-refractivity contribution in [2.75, 3.05) is 45.8 Å². The van der Waals surface area contributed by atoms with Gasteiger partial charge in [-0.2, -0.15) is 4.31 Å². The van der Waals surface area contributed by atoms with Crippen LogP contribution < -0.4 is 23.8 Å². The van der Waals surface area contributed by atoms with Crippen LogP contribution in [0.25, 0.3) is 0 Å². The van der Waals surface area contributed by atoms with E-state index in [1.54, 1.807) is 25.2 Å². The molecule has 2 heterocycles. The standard InChI is InChI=1S/C38H47ClF3N3O9SSi/c1-36(2,3)56(8,9)53-17-16-23-10-14-31(52-7)28(18-23)37(45(5)22-25(46)20-30(45)34(47)43-4)27-19-24(39)11-13-29(27)44(35(37)48)55(49,50)33-15-12-26(51-6)21-32(33)54-38(40,41)42/h10-15,18-19,21,25,30,46H,16-17,20,22H2,1-9H3/p+1/t25-,30+,37?,45?/m1/s1. The summed E-state index contributed by atoms with van der Waals surface area (Å²) in [6, 6.07) is 10.7. The molecule has 0 aromatic heterocycles. The SMILES string of the molecule is CNC(=O)[C@@H]1C[C@@H](O)C[N+]1(C)C1(c2cc(CCO[Si](C)(C)C(C)(C)C)ccc2OC)C(=O)N(S(=O)(=O)c2ccc(OC)cc2OC(F)(F)F)c2ccc(Cl)cc21. The van der Waals surface area contributed by atoms with Crippen LogP contribution >= 0.6 is 11.6 Å². The van der Waals surface area contributed by atoms with Crippen LogP contribution in [0.5, 0.6) is 17.2 Å². The number of fused-ring (bicyclic) bond motifs is 1. The van der Waals surface area contributed by atoms with E-state index >= 15 is 4.79 Å². The van der Waals surface area contributed by atoms with Crippen LogP contribution in [0, 0.1) is 0 Å². The van der Waals surface area contributed by atoms with Crippen LogP contribution in [0.3, 0.4) is 0 Å². The number of anilines is 1. The molecule has 3 aromatic rings. The fraction of sp³-hybridized carbons (Fsp3) is 0.474. The Hall–Kier alpha value is -3.87. The lowest BCUT2D eigenvalue weighted by molar-refractivity contribution is -0.953. The number of aliphatic hydroxyl groups is 1. The zero-order valence-corrected chi connectivity index (χ0v) is 35.3. The number of nitrogens with one attached hydrogen (secondary N) is 1. The number of likely N-dealkylation sites (tertiary alicyclic amines) is 1. The van der Waals surface area contributed by atoms with Gasteiger partial charge in [-0.3, -0.25) is 14.1 Å². The molecular weight excluding hydrogens is 795 g/mol. The van der Waals surface area contributed by atoms with Crippen LogP contribution in [0.2, 0.25) is 23.2 Å². The number of sulfonamides is 1. The maximum Gasteiger partial charge on any atom is 0.573 e. The first-order valence-electron chi connectivity index (χ1n) is 17.8. The second kappa shape index (κ2) is 15.1. The highest BCUT2D eigenvalue weighted by molar-refractivity contribution is 7.93. The van der Waals surface area contributed by atoms with E-state index in [-0.39, 0.29) is 51.3 Å². The van der Waals surface area contributed by atoms with Gasteiger partial charge in [0.15, 0.2) is 20.1 Å². The summed E-state index contributed by atoms with van der Waals surface area (Å²) in [6.45, 7) is 10.7. The van der Waals surface area contributed by atoms with E-state index in [0.29, 0.717) is 22.9 Å². The fourth-order valence-electron chi connectivity index (χ4n) is 7.61. The third kappa shape index (κ3) is 7.37. The Morgan fingerprint density at radius 3 is 2.30 bits per heavy atom. The number of carbonyl (C=O) groups is 2. The van der Waals surface area contributed by atoms with Gasteiger partial charge in [0.1, 0.15) is 29.0 Å². The molecule has 5 rings (SSSR count). The first-order chi connectivity index (χ1) is 25.9. The van der Waals surface area contributed by atoms with Crippen molar-refractivity contribution in [2.24, 2.45) is 0 Å². The molecule has 2 aliphatic rings. The normalized spacial score (nSPS) is 22.9. The van der Waals surface area contributed by atoms with Crippen LogP contribution in [-0.4, -0.2) is 98.1 Å². The highest BCUT2D eigenvalue weighted by Gasteiger charge is 2.72. The Morgan fingerprint density at radius 1 is 1.04 bits per heavy atom. The van der Waals surface area contributed by atoms with Crippen molar-refractivity contribution in [2.45, 2.75) is 80.7 Å². The number of methoxy groups -OCH3 is 2. The molecule has 1 fully saturated rings. The second-order valence-corrected chi connectivity index (χ2v) is 22.7. The monoisotopic (exact) mass is 842 g/mol. The molecule has 3 aromatic carbocycles. The number of alkyl halides is 3. The smallest absolute Gasteiger partial charge is 0.497 e. The third-order valence-electron chi connectivity index (χ3n) is 11.4. The summed E-state index contributed by atoms with van der Waals surface area (Å²) in [6.07, 6.45) is -6.21. The van der Waals surface area contributed by atoms with E-state index in [0.717, 1.165) is 18.2 Å². The number of carbonyl (C=O) groups excluding carboxylic acids is 2. The molecule has 0 radical (unpaired) electrons. The van der Waals surface area contributed by atoms with Gasteiger partial charge in [0.25, 0.3) is 15.9 Å². The summed E-state index contributed by atoms with van der Waals surface area (Å²) in [7, 11) is -1.95. The molecular formula is C38H48ClF3N3O9SSi+. The lowest BCUT2D eigenvalue weighted by Gasteiger charge is -2.48. The average Bonchev–Trinajstić information content (AvgIpc) is 3.56. The number of ether oxygens (including phenoxy) is 3. The van der Waals surface area contributed by atoms with Crippen molar-refractivity contribution in [1.29, 1.82) is 0 Å². The minimum absolute atomic E-state index is 0.0175. The van der Waals surface area contributed by atoms with Crippen molar-refractivity contribution in [3.8, 4) is 17.2 Å². The number of rotatable bonds is 12. The predicted molar refractivity (Wildman–Crippen MR) is 206 cm³/mol. The highest BCUT2D eigenvalue weighted by atomic mass is 35.5. The Kier molecular flexibility index (Phi) is 11.7. The van der Waals surface area contributed by atoms with Gasteiger partial charge in [0.2, 0.25) is 5.54 Å². The summed E-state index contributed by atoms with van der Waals surface area (Å²) in [5.74, 6) is -2.84. The molecule has 1 saturated heterocycles. The Labute approximate surface area is 331 Å². The summed E-state index contributed by atoms with van der Waals surface area (Å²) in [5, 5.41) is 13.9. The quantitative estimate of drug-likeness (QED) is 0.163. The third-order valence-corrected chi connectivity index (χ3v) is 17.9. The van der Waals surface area contributed by atoms with Gasteiger partial charge >= 0.3 is 12.3 Å². The molecule has 18 heteroatoms. The number of hydrogen-bond donors (Lipinski definition) is 2. The average molecular weight is 843 g/mol. The molecule has 4 atom stereocenters. The first-order valence-corrected chi connectivity index (χ1v) is 22.5. The van der Waals surface area contributed by atoms with Crippen molar-refractivity contribution in [3.63, 3.8) is 0 Å². The van der Waals surface area contributed by atoms with Gasteiger partial charge in [0, 0.05) is 31.2 Å².